The Morgan fingerprint density at radius 2 is 2.07 bits per heavy atom. The van der Waals surface area contributed by atoms with Crippen molar-refractivity contribution in [1.82, 2.24) is 19.2 Å². The number of nitrogens with zero attached hydrogens (tertiary/aromatic N) is 4. The van der Waals surface area contributed by atoms with Gasteiger partial charge in [-0.1, -0.05) is 23.9 Å². The zero-order valence-corrected chi connectivity index (χ0v) is 17.3. The van der Waals surface area contributed by atoms with E-state index in [4.69, 9.17) is 0 Å². The molecule has 29 heavy (non-hydrogen) atoms. The van der Waals surface area contributed by atoms with Gasteiger partial charge in [0.25, 0.3) is 5.56 Å². The van der Waals surface area contributed by atoms with Gasteiger partial charge in [-0.25, -0.2) is 0 Å². The predicted octanol–water partition coefficient (Wildman–Crippen LogP) is 3.06. The molecular weight excluding hydrogens is 410 g/mol. The summed E-state index contributed by atoms with van der Waals surface area (Å²) in [5, 5.41) is 13.5. The standard InChI is InChI=1S/C19H17N5O3S2/c1-3-23-17(27)16-14(7-8-28-16)24-18(23)21-22-19(24)29-10-15(26)20-13-6-4-5-12(9-13)11(2)25/h4-9H,3,10H2,1-2H3,(H,20,26). The number of fused-ring (bicyclic) bond motifs is 3. The minimum atomic E-state index is -0.224. The number of hydrogen-bond acceptors (Lipinski definition) is 7. The molecule has 1 N–H and O–H groups in total. The largest absolute Gasteiger partial charge is 0.325 e. The summed E-state index contributed by atoms with van der Waals surface area (Å²) < 4.78 is 4.01. The number of carbonyl (C=O) groups excluding carboxylic acids is 2. The van der Waals surface area contributed by atoms with Crippen LogP contribution in [0.2, 0.25) is 0 Å². The molecule has 0 atom stereocenters. The number of hydrogen-bond donors (Lipinski definition) is 1. The lowest BCUT2D eigenvalue weighted by Crippen LogP contribution is -2.21. The molecule has 3 heterocycles. The van der Waals surface area contributed by atoms with Gasteiger partial charge in [-0.2, -0.15) is 0 Å². The van der Waals surface area contributed by atoms with Crippen LogP contribution in [0, 0.1) is 0 Å². The van der Waals surface area contributed by atoms with Crippen LogP contribution in [0.25, 0.3) is 16.0 Å². The van der Waals surface area contributed by atoms with Gasteiger partial charge in [0.05, 0.1) is 11.3 Å². The van der Waals surface area contributed by atoms with E-state index >= 15 is 0 Å². The van der Waals surface area contributed by atoms with E-state index in [2.05, 4.69) is 15.5 Å². The SMILES string of the molecule is CCn1c(=O)c2sccc2n2c(SCC(=O)Nc3cccc(C(C)=O)c3)nnc12. The topological polar surface area (TPSA) is 98.4 Å². The zero-order valence-electron chi connectivity index (χ0n) is 15.7. The number of thioether (sulfide) groups is 1. The molecule has 4 aromatic rings. The minimum absolute atomic E-state index is 0.0628. The average molecular weight is 428 g/mol. The Morgan fingerprint density at radius 1 is 1.24 bits per heavy atom. The molecular formula is C19H17N5O3S2. The third-order valence-corrected chi connectivity index (χ3v) is 6.20. The number of Topliss-reactive ketones (excluding diaryl/α,β-unsaturated/α-hetero) is 1. The molecule has 1 aromatic carbocycles. The van der Waals surface area contributed by atoms with Gasteiger partial charge in [-0.15, -0.1) is 21.5 Å². The van der Waals surface area contributed by atoms with Crippen LogP contribution < -0.4 is 10.9 Å². The molecule has 0 radical (unpaired) electrons. The quantitative estimate of drug-likeness (QED) is 0.375. The van der Waals surface area contributed by atoms with Crippen LogP contribution in [-0.2, 0) is 11.3 Å². The van der Waals surface area contributed by atoms with Crippen LogP contribution in [-0.4, -0.2) is 36.6 Å². The summed E-state index contributed by atoms with van der Waals surface area (Å²) in [6.07, 6.45) is 0. The normalized spacial score (nSPS) is 11.2. The summed E-state index contributed by atoms with van der Waals surface area (Å²) in [6, 6.07) is 8.66. The smallest absolute Gasteiger partial charge is 0.272 e. The molecule has 8 nitrogen and oxygen atoms in total. The summed E-state index contributed by atoms with van der Waals surface area (Å²) in [6.45, 7) is 3.84. The van der Waals surface area contributed by atoms with Crippen LogP contribution in [0.5, 0.6) is 0 Å². The van der Waals surface area contributed by atoms with Crippen molar-refractivity contribution in [3.8, 4) is 0 Å². The van der Waals surface area contributed by atoms with E-state index in [0.29, 0.717) is 33.4 Å². The molecule has 4 rings (SSSR count). The summed E-state index contributed by atoms with van der Waals surface area (Å²) in [5.74, 6) is 0.285. The molecule has 10 heteroatoms. The van der Waals surface area contributed by atoms with Gasteiger partial charge in [0.2, 0.25) is 11.7 Å². The third kappa shape index (κ3) is 3.56. The van der Waals surface area contributed by atoms with Crippen molar-refractivity contribution < 1.29 is 9.59 Å². The van der Waals surface area contributed by atoms with Crippen molar-refractivity contribution in [2.75, 3.05) is 11.1 Å². The molecule has 0 fully saturated rings. The molecule has 0 saturated carbocycles. The van der Waals surface area contributed by atoms with Crippen LogP contribution in [0.3, 0.4) is 0 Å². The lowest BCUT2D eigenvalue weighted by atomic mass is 10.1. The van der Waals surface area contributed by atoms with Crippen LogP contribution in [0.4, 0.5) is 5.69 Å². The van der Waals surface area contributed by atoms with Crippen molar-refractivity contribution in [3.63, 3.8) is 0 Å². The Balaban J connectivity index is 1.58. The Bertz CT molecular complexity index is 1300. The second kappa shape index (κ2) is 7.80. The van der Waals surface area contributed by atoms with E-state index in [9.17, 15) is 14.4 Å². The van der Waals surface area contributed by atoms with Gasteiger partial charge < -0.3 is 5.32 Å². The fourth-order valence-corrected chi connectivity index (χ4v) is 4.59. The van der Waals surface area contributed by atoms with Gasteiger partial charge in [0, 0.05) is 17.8 Å². The molecule has 0 aliphatic heterocycles. The van der Waals surface area contributed by atoms with E-state index in [1.165, 1.54) is 30.0 Å². The van der Waals surface area contributed by atoms with Gasteiger partial charge in [0.15, 0.2) is 10.9 Å². The number of carbonyl (C=O) groups is 2. The molecule has 0 aliphatic carbocycles. The molecule has 148 valence electrons. The predicted molar refractivity (Wildman–Crippen MR) is 114 cm³/mol. The fourth-order valence-electron chi connectivity index (χ4n) is 3.02. The number of aromatic nitrogens is 4. The highest BCUT2D eigenvalue weighted by molar-refractivity contribution is 7.99. The van der Waals surface area contributed by atoms with Gasteiger partial charge in [0.1, 0.15) is 4.70 Å². The fraction of sp³-hybridized carbons (Fsp3) is 0.211. The number of thiophene rings is 1. The maximum atomic E-state index is 12.6. The van der Waals surface area contributed by atoms with Gasteiger partial charge in [-0.05, 0) is 37.4 Å². The summed E-state index contributed by atoms with van der Waals surface area (Å²) in [5.41, 5.74) is 1.75. The minimum Gasteiger partial charge on any atom is -0.325 e. The maximum Gasteiger partial charge on any atom is 0.272 e. The maximum absolute atomic E-state index is 12.6. The van der Waals surface area contributed by atoms with Crippen LogP contribution in [0.1, 0.15) is 24.2 Å². The molecule has 1 amide bonds. The van der Waals surface area contributed by atoms with Crippen molar-refractivity contribution in [2.24, 2.45) is 0 Å². The zero-order chi connectivity index (χ0) is 20.5. The molecule has 0 spiro atoms. The van der Waals surface area contributed by atoms with E-state index < -0.39 is 0 Å². The Kier molecular flexibility index (Phi) is 5.20. The second-order valence-electron chi connectivity index (χ2n) is 6.28. The summed E-state index contributed by atoms with van der Waals surface area (Å²) in [4.78, 5) is 36.5. The second-order valence-corrected chi connectivity index (χ2v) is 8.13. The van der Waals surface area contributed by atoms with E-state index in [-0.39, 0.29) is 23.0 Å². The first kappa shape index (κ1) is 19.3. The van der Waals surface area contributed by atoms with E-state index in [1.807, 2.05) is 22.8 Å². The highest BCUT2D eigenvalue weighted by Gasteiger charge is 2.17. The monoisotopic (exact) mass is 427 g/mol. The van der Waals surface area contributed by atoms with Gasteiger partial charge >= 0.3 is 0 Å². The number of benzene rings is 1. The average Bonchev–Trinajstić information content (AvgIpc) is 3.34. The summed E-state index contributed by atoms with van der Waals surface area (Å²) in [7, 11) is 0. The molecule has 0 saturated heterocycles. The molecule has 3 aromatic heterocycles. The first-order chi connectivity index (χ1) is 14.0. The number of aryl methyl sites for hydroxylation is 1. The lowest BCUT2D eigenvalue weighted by molar-refractivity contribution is -0.113. The first-order valence-corrected chi connectivity index (χ1v) is 10.7. The number of nitrogens with one attached hydrogen (secondary N) is 1. The Morgan fingerprint density at radius 3 is 2.83 bits per heavy atom. The number of amides is 1. The van der Waals surface area contributed by atoms with Crippen molar-refractivity contribution >= 4 is 56.5 Å². The third-order valence-electron chi connectivity index (χ3n) is 4.38. The first-order valence-electron chi connectivity index (χ1n) is 8.88. The highest BCUT2D eigenvalue weighted by atomic mass is 32.2. The number of ketones is 1. The lowest BCUT2D eigenvalue weighted by Gasteiger charge is -2.08. The van der Waals surface area contributed by atoms with Crippen molar-refractivity contribution in [1.29, 1.82) is 0 Å². The summed E-state index contributed by atoms with van der Waals surface area (Å²) >= 11 is 2.61. The van der Waals surface area contributed by atoms with Gasteiger partial charge in [-0.3, -0.25) is 23.4 Å². The van der Waals surface area contributed by atoms with Crippen LogP contribution >= 0.6 is 23.1 Å². The van der Waals surface area contributed by atoms with Crippen molar-refractivity contribution in [3.05, 3.63) is 51.6 Å². The Hall–Kier alpha value is -2.98. The Labute approximate surface area is 173 Å². The van der Waals surface area contributed by atoms with E-state index in [0.717, 1.165) is 5.52 Å². The van der Waals surface area contributed by atoms with E-state index in [1.54, 1.807) is 28.8 Å². The van der Waals surface area contributed by atoms with Crippen molar-refractivity contribution in [2.45, 2.75) is 25.5 Å². The number of anilines is 1. The molecule has 0 unspecified atom stereocenters. The number of rotatable bonds is 6. The molecule has 0 bridgehead atoms. The highest BCUT2D eigenvalue weighted by Crippen LogP contribution is 2.24. The van der Waals surface area contributed by atoms with Crippen LogP contribution in [0.15, 0.2) is 45.7 Å². The molecule has 0 aliphatic rings.